The third kappa shape index (κ3) is 2.72. The lowest BCUT2D eigenvalue weighted by atomic mass is 9.93. The van der Waals surface area contributed by atoms with E-state index >= 15 is 0 Å². The maximum Gasteiger partial charge on any atom is 0.0816 e. The minimum atomic E-state index is -0.648. The van der Waals surface area contributed by atoms with Crippen molar-refractivity contribution in [2.45, 2.75) is 38.8 Å². The fraction of sp³-hybridized carbons (Fsp3) is 0.538. The van der Waals surface area contributed by atoms with Gasteiger partial charge in [-0.3, -0.25) is 0 Å². The van der Waals surface area contributed by atoms with E-state index < -0.39 is 5.60 Å². The average molecular weight is 207 g/mol. The Bertz CT molecular complexity index is 295. The number of para-hydroxylation sites is 1. The molecule has 0 aliphatic heterocycles. The van der Waals surface area contributed by atoms with Gasteiger partial charge < -0.3 is 10.0 Å². The topological polar surface area (TPSA) is 23.5 Å². The molecule has 0 bridgehead atoms. The van der Waals surface area contributed by atoms with E-state index in [4.69, 9.17) is 0 Å². The maximum absolute atomic E-state index is 10.2. The van der Waals surface area contributed by atoms with E-state index in [1.54, 1.807) is 0 Å². The Hall–Kier alpha value is -1.02. The Kier molecular flexibility index (Phi) is 3.75. The lowest BCUT2D eigenvalue weighted by Gasteiger charge is -2.37. The highest BCUT2D eigenvalue weighted by Crippen LogP contribution is 2.23. The molecule has 2 unspecified atom stereocenters. The van der Waals surface area contributed by atoms with E-state index in [1.807, 2.05) is 39.1 Å². The number of likely N-dealkylation sites (N-methyl/N-ethyl adjacent to an activating group) is 1. The second-order valence-electron chi connectivity index (χ2n) is 4.33. The van der Waals surface area contributed by atoms with Gasteiger partial charge in [0.1, 0.15) is 0 Å². The van der Waals surface area contributed by atoms with Crippen molar-refractivity contribution in [1.82, 2.24) is 0 Å². The van der Waals surface area contributed by atoms with Crippen LogP contribution in [0.5, 0.6) is 0 Å². The molecule has 15 heavy (non-hydrogen) atoms. The van der Waals surface area contributed by atoms with Crippen molar-refractivity contribution in [2.24, 2.45) is 0 Å². The van der Waals surface area contributed by atoms with Crippen LogP contribution in [0.3, 0.4) is 0 Å². The molecule has 0 saturated carbocycles. The molecule has 1 rings (SSSR count). The van der Waals surface area contributed by atoms with Crippen molar-refractivity contribution >= 4 is 5.69 Å². The summed E-state index contributed by atoms with van der Waals surface area (Å²) >= 11 is 0. The minimum Gasteiger partial charge on any atom is -0.388 e. The molecule has 0 spiro atoms. The highest BCUT2D eigenvalue weighted by molar-refractivity contribution is 5.46. The average Bonchev–Trinajstić information content (AvgIpc) is 2.28. The van der Waals surface area contributed by atoms with Crippen molar-refractivity contribution in [3.63, 3.8) is 0 Å². The summed E-state index contributed by atoms with van der Waals surface area (Å²) in [6, 6.07) is 10.2. The lowest BCUT2D eigenvalue weighted by Crippen LogP contribution is -2.47. The van der Waals surface area contributed by atoms with Crippen LogP contribution in [0.15, 0.2) is 30.3 Å². The largest absolute Gasteiger partial charge is 0.388 e. The molecule has 0 heterocycles. The predicted molar refractivity (Wildman–Crippen MR) is 65.2 cm³/mol. The van der Waals surface area contributed by atoms with E-state index in [-0.39, 0.29) is 6.04 Å². The number of hydrogen-bond acceptors (Lipinski definition) is 2. The fourth-order valence-corrected chi connectivity index (χ4v) is 1.60. The van der Waals surface area contributed by atoms with Crippen LogP contribution in [0.25, 0.3) is 0 Å². The standard InChI is InChI=1S/C13H21NO/c1-5-13(3,15)11(2)14(4)12-9-7-6-8-10-12/h6-11,15H,5H2,1-4H3. The van der Waals surface area contributed by atoms with Gasteiger partial charge in [-0.1, -0.05) is 25.1 Å². The van der Waals surface area contributed by atoms with Gasteiger partial charge in [0.25, 0.3) is 0 Å². The fourth-order valence-electron chi connectivity index (χ4n) is 1.60. The zero-order chi connectivity index (χ0) is 11.5. The number of nitrogens with zero attached hydrogens (tertiary/aromatic N) is 1. The van der Waals surface area contributed by atoms with Crippen molar-refractivity contribution in [3.8, 4) is 0 Å². The number of aliphatic hydroxyl groups is 1. The van der Waals surface area contributed by atoms with Crippen LogP contribution >= 0.6 is 0 Å². The summed E-state index contributed by atoms with van der Waals surface area (Å²) in [5.41, 5.74) is 0.489. The van der Waals surface area contributed by atoms with Gasteiger partial charge in [-0.15, -0.1) is 0 Å². The molecule has 2 heteroatoms. The normalized spacial score (nSPS) is 16.9. The summed E-state index contributed by atoms with van der Waals surface area (Å²) in [7, 11) is 2.02. The van der Waals surface area contributed by atoms with E-state index in [1.165, 1.54) is 0 Å². The van der Waals surface area contributed by atoms with Crippen molar-refractivity contribution < 1.29 is 5.11 Å². The third-order valence-corrected chi connectivity index (χ3v) is 3.36. The minimum absolute atomic E-state index is 0.102. The van der Waals surface area contributed by atoms with Crippen molar-refractivity contribution in [3.05, 3.63) is 30.3 Å². The Morgan fingerprint density at radius 2 is 1.87 bits per heavy atom. The molecule has 1 N–H and O–H groups in total. The molecule has 84 valence electrons. The van der Waals surface area contributed by atoms with Crippen molar-refractivity contribution in [2.75, 3.05) is 11.9 Å². The van der Waals surface area contributed by atoms with Crippen LogP contribution in [0, 0.1) is 0 Å². The van der Waals surface area contributed by atoms with E-state index in [2.05, 4.69) is 24.0 Å². The molecular weight excluding hydrogens is 186 g/mol. The van der Waals surface area contributed by atoms with Gasteiger partial charge in [-0.05, 0) is 32.4 Å². The highest BCUT2D eigenvalue weighted by Gasteiger charge is 2.29. The highest BCUT2D eigenvalue weighted by atomic mass is 16.3. The van der Waals surface area contributed by atoms with Gasteiger partial charge in [-0.25, -0.2) is 0 Å². The number of benzene rings is 1. The first kappa shape index (κ1) is 12.1. The third-order valence-electron chi connectivity index (χ3n) is 3.36. The molecule has 0 amide bonds. The molecule has 1 aromatic carbocycles. The second kappa shape index (κ2) is 4.67. The zero-order valence-electron chi connectivity index (χ0n) is 10.1. The van der Waals surface area contributed by atoms with Gasteiger partial charge in [0.2, 0.25) is 0 Å². The molecule has 1 aromatic rings. The Morgan fingerprint density at radius 3 is 2.33 bits per heavy atom. The van der Waals surface area contributed by atoms with Crippen LogP contribution in [0.4, 0.5) is 5.69 Å². The quantitative estimate of drug-likeness (QED) is 0.820. The molecule has 0 radical (unpaired) electrons. The summed E-state index contributed by atoms with van der Waals surface area (Å²) in [4.78, 5) is 2.11. The summed E-state index contributed by atoms with van der Waals surface area (Å²) in [6.07, 6.45) is 0.755. The van der Waals surface area contributed by atoms with Crippen LogP contribution in [0.2, 0.25) is 0 Å². The molecule has 0 aromatic heterocycles. The zero-order valence-corrected chi connectivity index (χ0v) is 10.1. The van der Waals surface area contributed by atoms with Gasteiger partial charge in [0.15, 0.2) is 0 Å². The first-order valence-electron chi connectivity index (χ1n) is 5.49. The first-order valence-corrected chi connectivity index (χ1v) is 5.49. The predicted octanol–water partition coefficient (Wildman–Crippen LogP) is 2.67. The lowest BCUT2D eigenvalue weighted by molar-refractivity contribution is 0.0332. The summed E-state index contributed by atoms with van der Waals surface area (Å²) in [5.74, 6) is 0. The summed E-state index contributed by atoms with van der Waals surface area (Å²) < 4.78 is 0. The summed E-state index contributed by atoms with van der Waals surface area (Å²) in [5, 5.41) is 10.2. The molecule has 0 aliphatic rings. The molecular formula is C13H21NO. The number of anilines is 1. The second-order valence-corrected chi connectivity index (χ2v) is 4.33. The van der Waals surface area contributed by atoms with Gasteiger partial charge in [0, 0.05) is 12.7 Å². The van der Waals surface area contributed by atoms with Crippen LogP contribution in [-0.2, 0) is 0 Å². The molecule has 2 atom stereocenters. The van der Waals surface area contributed by atoms with Gasteiger partial charge >= 0.3 is 0 Å². The maximum atomic E-state index is 10.2. The van der Waals surface area contributed by atoms with E-state index in [9.17, 15) is 5.11 Å². The molecule has 0 aliphatic carbocycles. The van der Waals surface area contributed by atoms with Crippen LogP contribution in [0.1, 0.15) is 27.2 Å². The Morgan fingerprint density at radius 1 is 1.33 bits per heavy atom. The molecule has 0 fully saturated rings. The first-order chi connectivity index (χ1) is 6.99. The van der Waals surface area contributed by atoms with Crippen LogP contribution < -0.4 is 4.90 Å². The Labute approximate surface area is 92.5 Å². The Balaban J connectivity index is 2.82. The molecule has 2 nitrogen and oxygen atoms in total. The van der Waals surface area contributed by atoms with Gasteiger partial charge in [-0.2, -0.15) is 0 Å². The number of rotatable bonds is 4. The number of hydrogen-bond donors (Lipinski definition) is 1. The van der Waals surface area contributed by atoms with E-state index in [0.29, 0.717) is 0 Å². The van der Waals surface area contributed by atoms with Gasteiger partial charge in [0.05, 0.1) is 11.6 Å². The van der Waals surface area contributed by atoms with Crippen LogP contribution in [-0.4, -0.2) is 23.8 Å². The monoisotopic (exact) mass is 207 g/mol. The molecule has 0 saturated heterocycles. The SMILES string of the molecule is CCC(C)(O)C(C)N(C)c1ccccc1. The van der Waals surface area contributed by atoms with Crippen molar-refractivity contribution in [1.29, 1.82) is 0 Å². The smallest absolute Gasteiger partial charge is 0.0816 e. The summed E-state index contributed by atoms with van der Waals surface area (Å²) in [6.45, 7) is 5.95. The van der Waals surface area contributed by atoms with E-state index in [0.717, 1.165) is 12.1 Å².